The zero-order chi connectivity index (χ0) is 41.5. The van der Waals surface area contributed by atoms with E-state index in [1.165, 1.54) is 141 Å². The minimum Gasteiger partial charge on any atom is -0.466 e. The third kappa shape index (κ3) is 43.2. The van der Waals surface area contributed by atoms with Crippen LogP contribution in [-0.2, 0) is 14.3 Å². The highest BCUT2D eigenvalue weighted by Crippen LogP contribution is 2.14. The Balaban J connectivity index is 3.47. The lowest BCUT2D eigenvalue weighted by Gasteiger charge is -2.20. The zero-order valence-corrected chi connectivity index (χ0v) is 37.6. The normalized spacial score (nSPS) is 13.1. The number of allylic oxidation sites excluding steroid dienone is 7. The molecule has 2 atom stereocenters. The first-order chi connectivity index (χ1) is 28.0. The molecule has 6 heteroatoms. The fourth-order valence-electron chi connectivity index (χ4n) is 7.02. The molecule has 1 amide bonds. The maximum absolute atomic E-state index is 12.3. The summed E-state index contributed by atoms with van der Waals surface area (Å²) in [5.74, 6) is -0.102. The van der Waals surface area contributed by atoms with Crippen LogP contribution in [0.5, 0.6) is 0 Å². The van der Waals surface area contributed by atoms with E-state index in [-0.39, 0.29) is 18.5 Å². The van der Waals surface area contributed by atoms with Gasteiger partial charge < -0.3 is 20.3 Å². The van der Waals surface area contributed by atoms with E-state index in [1.54, 1.807) is 6.08 Å². The quantitative estimate of drug-likeness (QED) is 0.0324. The average Bonchev–Trinajstić information content (AvgIpc) is 3.21. The van der Waals surface area contributed by atoms with Gasteiger partial charge in [0.2, 0.25) is 5.91 Å². The lowest BCUT2D eigenvalue weighted by Crippen LogP contribution is -2.45. The fourth-order valence-corrected chi connectivity index (χ4v) is 7.02. The number of aliphatic hydroxyl groups excluding tert-OH is 2. The summed E-state index contributed by atoms with van der Waals surface area (Å²) >= 11 is 0. The lowest BCUT2D eigenvalue weighted by molar-refractivity contribution is -0.143. The van der Waals surface area contributed by atoms with Crippen molar-refractivity contribution in [2.45, 2.75) is 251 Å². The van der Waals surface area contributed by atoms with Crippen molar-refractivity contribution in [3.63, 3.8) is 0 Å². The molecular formula is C51H93NO5. The van der Waals surface area contributed by atoms with Crippen molar-refractivity contribution in [1.29, 1.82) is 0 Å². The van der Waals surface area contributed by atoms with Gasteiger partial charge in [-0.05, 0) is 83.5 Å². The fraction of sp³-hybridized carbons (Fsp3) is 0.804. The number of amides is 1. The highest BCUT2D eigenvalue weighted by molar-refractivity contribution is 5.76. The van der Waals surface area contributed by atoms with Crippen LogP contribution in [0.1, 0.15) is 239 Å². The number of hydrogen-bond donors (Lipinski definition) is 3. The number of carbonyl (C=O) groups excluding carboxylic acids is 2. The summed E-state index contributed by atoms with van der Waals surface area (Å²) in [6.45, 7) is 4.77. The van der Waals surface area contributed by atoms with Gasteiger partial charge in [-0.3, -0.25) is 9.59 Å². The summed E-state index contributed by atoms with van der Waals surface area (Å²) in [4.78, 5) is 24.3. The number of ether oxygens (including phenoxy) is 1. The summed E-state index contributed by atoms with van der Waals surface area (Å²) in [7, 11) is 0. The Labute approximate surface area is 353 Å². The molecule has 0 aromatic rings. The second-order valence-corrected chi connectivity index (χ2v) is 16.4. The van der Waals surface area contributed by atoms with E-state index in [9.17, 15) is 19.8 Å². The Hall–Kier alpha value is -2.18. The van der Waals surface area contributed by atoms with Crippen LogP contribution in [-0.4, -0.2) is 47.4 Å². The second-order valence-electron chi connectivity index (χ2n) is 16.4. The molecule has 3 N–H and O–H groups in total. The molecule has 0 saturated heterocycles. The van der Waals surface area contributed by atoms with E-state index >= 15 is 0 Å². The standard InChI is InChI=1S/C51H93NO5/c1-3-5-7-9-11-13-14-21-25-29-33-37-41-45-51(56)57-46-42-38-34-30-26-23-20-18-16-15-17-19-22-24-28-32-36-40-44-50(55)52-48(47-53)49(54)43-39-35-31-27-12-10-8-6-4-2/h7,9,13-14,17,19,39,43,48-49,53-54H,3-6,8,10-12,15-16,18,20-38,40-42,44-47H2,1-2H3,(H,52,55)/b9-7-,14-13-,19-17-,43-39+. The molecule has 2 unspecified atom stereocenters. The molecule has 6 nitrogen and oxygen atoms in total. The van der Waals surface area contributed by atoms with E-state index in [0.29, 0.717) is 19.4 Å². The summed E-state index contributed by atoms with van der Waals surface area (Å²) < 4.78 is 5.44. The van der Waals surface area contributed by atoms with Crippen LogP contribution < -0.4 is 5.32 Å². The smallest absolute Gasteiger partial charge is 0.305 e. The monoisotopic (exact) mass is 800 g/mol. The maximum Gasteiger partial charge on any atom is 0.305 e. The van der Waals surface area contributed by atoms with Crippen LogP contribution in [0.2, 0.25) is 0 Å². The summed E-state index contributed by atoms with van der Waals surface area (Å²) in [6.07, 6.45) is 56.8. The van der Waals surface area contributed by atoms with Crippen molar-refractivity contribution in [3.05, 3.63) is 48.6 Å². The van der Waals surface area contributed by atoms with Gasteiger partial charge in [-0.25, -0.2) is 0 Å². The molecule has 57 heavy (non-hydrogen) atoms. The van der Waals surface area contributed by atoms with Crippen molar-refractivity contribution in [3.8, 4) is 0 Å². The number of rotatable bonds is 44. The molecule has 0 saturated carbocycles. The lowest BCUT2D eigenvalue weighted by atomic mass is 10.1. The maximum atomic E-state index is 12.3. The third-order valence-electron chi connectivity index (χ3n) is 10.8. The van der Waals surface area contributed by atoms with Gasteiger partial charge >= 0.3 is 5.97 Å². The molecule has 0 aliphatic heterocycles. The predicted octanol–water partition coefficient (Wildman–Crippen LogP) is 14.3. The van der Waals surface area contributed by atoms with Gasteiger partial charge in [0.25, 0.3) is 0 Å². The first-order valence-electron chi connectivity index (χ1n) is 24.4. The molecule has 0 rings (SSSR count). The van der Waals surface area contributed by atoms with Gasteiger partial charge in [0.1, 0.15) is 0 Å². The largest absolute Gasteiger partial charge is 0.466 e. The van der Waals surface area contributed by atoms with Gasteiger partial charge in [-0.15, -0.1) is 0 Å². The van der Waals surface area contributed by atoms with Crippen molar-refractivity contribution >= 4 is 11.9 Å². The van der Waals surface area contributed by atoms with Crippen molar-refractivity contribution in [2.24, 2.45) is 0 Å². The van der Waals surface area contributed by atoms with Crippen LogP contribution in [0.4, 0.5) is 0 Å². The number of nitrogens with one attached hydrogen (secondary N) is 1. The van der Waals surface area contributed by atoms with Crippen LogP contribution in [0.15, 0.2) is 48.6 Å². The molecule has 0 aromatic carbocycles. The minimum absolute atomic E-state index is 0.0147. The van der Waals surface area contributed by atoms with E-state index in [4.69, 9.17) is 4.74 Å². The Morgan fingerprint density at radius 1 is 0.491 bits per heavy atom. The van der Waals surface area contributed by atoms with Gasteiger partial charge in [0.15, 0.2) is 0 Å². The molecule has 0 radical (unpaired) electrons. The van der Waals surface area contributed by atoms with E-state index in [1.807, 2.05) is 6.08 Å². The Kier molecular flexibility index (Phi) is 44.7. The van der Waals surface area contributed by atoms with Crippen molar-refractivity contribution in [1.82, 2.24) is 5.32 Å². The summed E-state index contributed by atoms with van der Waals surface area (Å²) in [5, 5.41) is 22.9. The molecule has 0 fully saturated rings. The molecule has 0 heterocycles. The third-order valence-corrected chi connectivity index (χ3v) is 10.8. The highest BCUT2D eigenvalue weighted by atomic mass is 16.5. The summed E-state index contributed by atoms with van der Waals surface area (Å²) in [5.41, 5.74) is 0. The van der Waals surface area contributed by atoms with Crippen LogP contribution in [0, 0.1) is 0 Å². The number of hydrogen-bond acceptors (Lipinski definition) is 5. The van der Waals surface area contributed by atoms with E-state index < -0.39 is 12.1 Å². The highest BCUT2D eigenvalue weighted by Gasteiger charge is 2.18. The first kappa shape index (κ1) is 54.8. The average molecular weight is 800 g/mol. The van der Waals surface area contributed by atoms with Gasteiger partial charge in [0.05, 0.1) is 25.4 Å². The zero-order valence-electron chi connectivity index (χ0n) is 37.6. The molecule has 0 bridgehead atoms. The van der Waals surface area contributed by atoms with Crippen LogP contribution in [0.25, 0.3) is 0 Å². The van der Waals surface area contributed by atoms with E-state index in [0.717, 1.165) is 70.6 Å². The Morgan fingerprint density at radius 2 is 0.912 bits per heavy atom. The topological polar surface area (TPSA) is 95.9 Å². The Morgan fingerprint density at radius 3 is 1.42 bits per heavy atom. The number of unbranched alkanes of at least 4 members (excludes halogenated alkanes) is 27. The molecule has 0 aromatic heterocycles. The first-order valence-corrected chi connectivity index (χ1v) is 24.4. The van der Waals surface area contributed by atoms with Crippen LogP contribution in [0.3, 0.4) is 0 Å². The molecular weight excluding hydrogens is 707 g/mol. The van der Waals surface area contributed by atoms with Crippen molar-refractivity contribution in [2.75, 3.05) is 13.2 Å². The van der Waals surface area contributed by atoms with E-state index in [2.05, 4.69) is 55.6 Å². The molecule has 0 aliphatic rings. The van der Waals surface area contributed by atoms with Gasteiger partial charge in [-0.1, -0.05) is 191 Å². The molecule has 0 spiro atoms. The second kappa shape index (κ2) is 46.5. The SMILES string of the molecule is CCC/C=C\C/C=C\CCCCCCCC(=O)OCCCCCCCCCCC/C=C\CCCCCCCC(=O)NC(CO)C(O)/C=C/CCCCCCCCC. The summed E-state index contributed by atoms with van der Waals surface area (Å²) in [6, 6.07) is -0.636. The van der Waals surface area contributed by atoms with Crippen molar-refractivity contribution < 1.29 is 24.5 Å². The number of aliphatic hydroxyl groups is 2. The number of esters is 1. The van der Waals surface area contributed by atoms with Crippen LogP contribution >= 0.6 is 0 Å². The number of carbonyl (C=O) groups is 2. The predicted molar refractivity (Wildman–Crippen MR) is 245 cm³/mol. The minimum atomic E-state index is -0.851. The molecule has 332 valence electrons. The van der Waals surface area contributed by atoms with Gasteiger partial charge in [-0.2, -0.15) is 0 Å². The Bertz CT molecular complexity index is 973. The molecule has 0 aliphatic carbocycles. The van der Waals surface area contributed by atoms with Gasteiger partial charge in [0, 0.05) is 12.8 Å².